The summed E-state index contributed by atoms with van der Waals surface area (Å²) < 4.78 is 5.32. The van der Waals surface area contributed by atoms with Crippen LogP contribution in [-0.4, -0.2) is 28.1 Å². The van der Waals surface area contributed by atoms with Crippen LogP contribution in [0.3, 0.4) is 0 Å². The molecular formula is C15H27N3O. The smallest absolute Gasteiger partial charge is 0.240 e. The minimum Gasteiger partial charge on any atom is -0.338 e. The molecule has 1 aromatic heterocycles. The fourth-order valence-electron chi connectivity index (χ4n) is 2.98. The van der Waals surface area contributed by atoms with Crippen LogP contribution in [0, 0.1) is 5.92 Å². The van der Waals surface area contributed by atoms with Crippen molar-refractivity contribution in [3.63, 3.8) is 0 Å². The van der Waals surface area contributed by atoms with Crippen molar-refractivity contribution in [3.8, 4) is 0 Å². The van der Waals surface area contributed by atoms with E-state index in [1.165, 1.54) is 45.1 Å². The maximum absolute atomic E-state index is 5.32. The van der Waals surface area contributed by atoms with E-state index in [2.05, 4.69) is 28.9 Å². The maximum Gasteiger partial charge on any atom is 0.240 e. The third-order valence-corrected chi connectivity index (χ3v) is 3.97. The number of aryl methyl sites for hydroxylation is 1. The fraction of sp³-hybridized carbons (Fsp3) is 0.867. The topological polar surface area (TPSA) is 42.2 Å². The highest BCUT2D eigenvalue weighted by molar-refractivity contribution is 4.86. The van der Waals surface area contributed by atoms with Crippen LogP contribution in [0.1, 0.15) is 64.1 Å². The van der Waals surface area contributed by atoms with Gasteiger partial charge in [-0.1, -0.05) is 38.3 Å². The molecule has 0 N–H and O–H groups in total. The second-order valence-corrected chi connectivity index (χ2v) is 5.70. The van der Waals surface area contributed by atoms with Crippen molar-refractivity contribution in [2.75, 3.05) is 13.1 Å². The van der Waals surface area contributed by atoms with Gasteiger partial charge in [-0.05, 0) is 31.7 Å². The molecule has 0 aromatic carbocycles. The van der Waals surface area contributed by atoms with E-state index in [1.807, 2.05) is 0 Å². The molecule has 108 valence electrons. The Bertz CT molecular complexity index is 358. The van der Waals surface area contributed by atoms with E-state index in [9.17, 15) is 0 Å². The predicted octanol–water partition coefficient (Wildman–Crippen LogP) is 3.42. The third-order valence-electron chi connectivity index (χ3n) is 3.97. The van der Waals surface area contributed by atoms with Crippen LogP contribution < -0.4 is 0 Å². The summed E-state index contributed by atoms with van der Waals surface area (Å²) in [5, 5.41) is 3.98. The molecule has 19 heavy (non-hydrogen) atoms. The lowest BCUT2D eigenvalue weighted by Gasteiger charge is -2.28. The highest BCUT2D eigenvalue weighted by atomic mass is 16.5. The van der Waals surface area contributed by atoms with Crippen LogP contribution in [0.25, 0.3) is 0 Å². The summed E-state index contributed by atoms with van der Waals surface area (Å²) in [6.07, 6.45) is 9.06. The molecule has 0 unspecified atom stereocenters. The summed E-state index contributed by atoms with van der Waals surface area (Å²) in [5.74, 6) is 2.47. The van der Waals surface area contributed by atoms with Gasteiger partial charge in [-0.25, -0.2) is 0 Å². The molecule has 4 heteroatoms. The lowest BCUT2D eigenvalue weighted by Crippen LogP contribution is -2.31. The first-order valence-electron chi connectivity index (χ1n) is 7.85. The Kier molecular flexibility index (Phi) is 5.83. The highest BCUT2D eigenvalue weighted by Gasteiger charge is 2.18. The number of nitrogens with zero attached hydrogens (tertiary/aromatic N) is 3. The maximum atomic E-state index is 5.32. The van der Waals surface area contributed by atoms with E-state index >= 15 is 0 Å². The molecular weight excluding hydrogens is 238 g/mol. The zero-order chi connectivity index (χ0) is 13.5. The van der Waals surface area contributed by atoms with Gasteiger partial charge in [-0.15, -0.1) is 0 Å². The van der Waals surface area contributed by atoms with E-state index in [0.29, 0.717) is 0 Å². The molecule has 2 rings (SSSR count). The zero-order valence-corrected chi connectivity index (χ0v) is 12.4. The van der Waals surface area contributed by atoms with Crippen molar-refractivity contribution in [1.29, 1.82) is 0 Å². The molecule has 1 saturated carbocycles. The molecule has 0 bridgehead atoms. The van der Waals surface area contributed by atoms with Crippen LogP contribution in [-0.2, 0) is 13.0 Å². The van der Waals surface area contributed by atoms with Crippen molar-refractivity contribution in [1.82, 2.24) is 15.0 Å². The number of hydrogen-bond donors (Lipinski definition) is 0. The molecule has 0 aliphatic heterocycles. The van der Waals surface area contributed by atoms with E-state index in [-0.39, 0.29) is 0 Å². The number of aromatic nitrogens is 2. The average Bonchev–Trinajstić information content (AvgIpc) is 2.88. The molecule has 0 amide bonds. The monoisotopic (exact) mass is 265 g/mol. The molecule has 1 aliphatic rings. The molecule has 0 saturated heterocycles. The third kappa shape index (κ3) is 4.60. The normalized spacial score (nSPS) is 17.2. The summed E-state index contributed by atoms with van der Waals surface area (Å²) in [6, 6.07) is 0. The van der Waals surface area contributed by atoms with Gasteiger partial charge in [0.1, 0.15) is 0 Å². The minimum absolute atomic E-state index is 0.779. The Morgan fingerprint density at radius 2 is 2.00 bits per heavy atom. The molecule has 0 radical (unpaired) electrons. The first-order chi connectivity index (χ1) is 9.31. The lowest BCUT2D eigenvalue weighted by molar-refractivity contribution is 0.174. The second kappa shape index (κ2) is 7.63. The first kappa shape index (κ1) is 14.5. The first-order valence-corrected chi connectivity index (χ1v) is 7.85. The van der Waals surface area contributed by atoms with Crippen LogP contribution in [0.4, 0.5) is 0 Å². The second-order valence-electron chi connectivity index (χ2n) is 5.70. The van der Waals surface area contributed by atoms with Gasteiger partial charge >= 0.3 is 0 Å². The Morgan fingerprint density at radius 1 is 1.21 bits per heavy atom. The Morgan fingerprint density at radius 3 is 2.63 bits per heavy atom. The van der Waals surface area contributed by atoms with Gasteiger partial charge in [0.15, 0.2) is 5.82 Å². The fourth-order valence-corrected chi connectivity index (χ4v) is 2.98. The lowest BCUT2D eigenvalue weighted by atomic mass is 9.89. The minimum atomic E-state index is 0.779. The summed E-state index contributed by atoms with van der Waals surface area (Å²) in [7, 11) is 0. The van der Waals surface area contributed by atoms with E-state index in [1.54, 1.807) is 0 Å². The van der Waals surface area contributed by atoms with Crippen LogP contribution in [0.2, 0.25) is 0 Å². The summed E-state index contributed by atoms with van der Waals surface area (Å²) >= 11 is 0. The summed E-state index contributed by atoms with van der Waals surface area (Å²) in [5.41, 5.74) is 0. The van der Waals surface area contributed by atoms with E-state index < -0.39 is 0 Å². The molecule has 1 aliphatic carbocycles. The van der Waals surface area contributed by atoms with Gasteiger partial charge in [0, 0.05) is 13.0 Å². The van der Waals surface area contributed by atoms with Gasteiger partial charge in [-0.2, -0.15) is 4.98 Å². The van der Waals surface area contributed by atoms with Gasteiger partial charge in [0.05, 0.1) is 6.54 Å². The van der Waals surface area contributed by atoms with Crippen molar-refractivity contribution in [3.05, 3.63) is 11.7 Å². The van der Waals surface area contributed by atoms with Crippen molar-refractivity contribution in [2.45, 2.75) is 65.3 Å². The van der Waals surface area contributed by atoms with Crippen LogP contribution in [0.15, 0.2) is 4.52 Å². The zero-order valence-electron chi connectivity index (χ0n) is 12.4. The standard InChI is InChI=1S/C15H27N3O/c1-3-10-18(11-13-8-6-5-7-9-13)12-15-16-14(4-2)17-19-15/h13H,3-12H2,1-2H3. The molecule has 1 fully saturated rings. The quantitative estimate of drug-likeness (QED) is 0.757. The molecule has 4 nitrogen and oxygen atoms in total. The van der Waals surface area contributed by atoms with Gasteiger partial charge in [0.25, 0.3) is 0 Å². The van der Waals surface area contributed by atoms with Gasteiger partial charge in [0.2, 0.25) is 5.89 Å². The molecule has 1 heterocycles. The van der Waals surface area contributed by atoms with Crippen LogP contribution in [0.5, 0.6) is 0 Å². The van der Waals surface area contributed by atoms with Crippen molar-refractivity contribution >= 4 is 0 Å². The van der Waals surface area contributed by atoms with Gasteiger partial charge in [-0.3, -0.25) is 4.90 Å². The Labute approximate surface area is 116 Å². The Hall–Kier alpha value is -0.900. The highest BCUT2D eigenvalue weighted by Crippen LogP contribution is 2.24. The molecule has 1 aromatic rings. The SMILES string of the molecule is CCCN(Cc1nc(CC)no1)CC1CCCCC1. The predicted molar refractivity (Wildman–Crippen MR) is 75.8 cm³/mol. The largest absolute Gasteiger partial charge is 0.338 e. The van der Waals surface area contributed by atoms with Crippen molar-refractivity contribution < 1.29 is 4.52 Å². The summed E-state index contributed by atoms with van der Waals surface area (Å²) in [6.45, 7) is 7.43. The number of hydrogen-bond acceptors (Lipinski definition) is 4. The van der Waals surface area contributed by atoms with Crippen LogP contribution >= 0.6 is 0 Å². The molecule has 0 atom stereocenters. The molecule has 0 spiro atoms. The van der Waals surface area contributed by atoms with E-state index in [4.69, 9.17) is 4.52 Å². The average molecular weight is 265 g/mol. The summed E-state index contributed by atoms with van der Waals surface area (Å²) in [4.78, 5) is 6.91. The van der Waals surface area contributed by atoms with Crippen molar-refractivity contribution in [2.24, 2.45) is 5.92 Å². The Balaban J connectivity index is 1.87. The van der Waals surface area contributed by atoms with E-state index in [0.717, 1.165) is 37.1 Å². The van der Waals surface area contributed by atoms with Gasteiger partial charge < -0.3 is 4.52 Å². The number of rotatable bonds is 7.